The number of carbonyl (C=O) groups is 1. The molecule has 6 heteroatoms. The van der Waals surface area contributed by atoms with Gasteiger partial charge in [-0.2, -0.15) is 5.26 Å². The van der Waals surface area contributed by atoms with Crippen LogP contribution in [0.15, 0.2) is 24.3 Å². The third-order valence-corrected chi connectivity index (χ3v) is 5.76. The molecule has 0 spiro atoms. The van der Waals surface area contributed by atoms with Crippen molar-refractivity contribution >= 4 is 17.2 Å². The zero-order valence-electron chi connectivity index (χ0n) is 15.3. The van der Waals surface area contributed by atoms with E-state index in [1.807, 2.05) is 0 Å². The Kier molecular flexibility index (Phi) is 6.02. The number of carbonyl (C=O) groups excluding carboxylic acids is 1. The molecule has 26 heavy (non-hydrogen) atoms. The minimum atomic E-state index is -0.248. The van der Waals surface area contributed by atoms with Crippen molar-refractivity contribution in [1.29, 1.82) is 5.26 Å². The molecule has 1 fully saturated rings. The molecule has 1 aliphatic rings. The number of nitrogens with one attached hydrogen (secondary N) is 1. The minimum absolute atomic E-state index is 0.0181. The van der Waals surface area contributed by atoms with Crippen LogP contribution in [-0.4, -0.2) is 41.5 Å². The molecule has 1 saturated heterocycles. The van der Waals surface area contributed by atoms with E-state index in [9.17, 15) is 4.79 Å². The van der Waals surface area contributed by atoms with Gasteiger partial charge in [0.25, 0.3) is 0 Å². The van der Waals surface area contributed by atoms with Gasteiger partial charge in [-0.25, -0.2) is 4.98 Å². The Bertz CT molecular complexity index is 823. The van der Waals surface area contributed by atoms with E-state index >= 15 is 0 Å². The monoisotopic (exact) mass is 368 g/mol. The molecule has 3 rings (SSSR count). The summed E-state index contributed by atoms with van der Waals surface area (Å²) in [5.74, 6) is 0.0181. The van der Waals surface area contributed by atoms with Crippen LogP contribution < -0.4 is 5.32 Å². The number of aromatic nitrogens is 1. The molecule has 1 N–H and O–H groups in total. The summed E-state index contributed by atoms with van der Waals surface area (Å²) in [6, 6.07) is 10.3. The lowest BCUT2D eigenvalue weighted by Crippen LogP contribution is -2.41. The van der Waals surface area contributed by atoms with Crippen molar-refractivity contribution in [2.24, 2.45) is 0 Å². The van der Waals surface area contributed by atoms with Gasteiger partial charge in [0.15, 0.2) is 0 Å². The van der Waals surface area contributed by atoms with E-state index in [1.165, 1.54) is 10.4 Å². The summed E-state index contributed by atoms with van der Waals surface area (Å²) in [5, 5.41) is 13.3. The average Bonchev–Trinajstić information content (AvgIpc) is 3.25. The van der Waals surface area contributed by atoms with E-state index in [0.29, 0.717) is 13.1 Å². The zero-order valence-corrected chi connectivity index (χ0v) is 16.1. The number of amides is 1. The summed E-state index contributed by atoms with van der Waals surface area (Å²) in [6.07, 6.45) is 2.51. The van der Waals surface area contributed by atoms with Crippen LogP contribution in [0.3, 0.4) is 0 Å². The second-order valence-electron chi connectivity index (χ2n) is 6.69. The Morgan fingerprint density at radius 1 is 1.46 bits per heavy atom. The highest BCUT2D eigenvalue weighted by Gasteiger charge is 2.27. The third kappa shape index (κ3) is 4.29. The standard InChI is InChI=1S/C20H24N4OS/c1-14-5-3-6-16(11-14)20-23-18(15(2)26-20)8-9-22-13-19(25)24-10-4-7-17(24)12-21/h3,5-6,11,17,22H,4,7-10,13H2,1-2H3. The van der Waals surface area contributed by atoms with Crippen molar-refractivity contribution in [3.63, 3.8) is 0 Å². The first-order valence-corrected chi connectivity index (χ1v) is 9.83. The number of aryl methyl sites for hydroxylation is 2. The van der Waals surface area contributed by atoms with Gasteiger partial charge >= 0.3 is 0 Å². The molecule has 1 aromatic heterocycles. The fourth-order valence-electron chi connectivity index (χ4n) is 3.26. The maximum absolute atomic E-state index is 12.2. The molecule has 1 aliphatic heterocycles. The average molecular weight is 369 g/mol. The fourth-order valence-corrected chi connectivity index (χ4v) is 4.22. The second kappa shape index (κ2) is 8.43. The van der Waals surface area contributed by atoms with Gasteiger partial charge in [-0.3, -0.25) is 4.79 Å². The summed E-state index contributed by atoms with van der Waals surface area (Å²) in [4.78, 5) is 19.9. The molecule has 2 aromatic rings. The summed E-state index contributed by atoms with van der Waals surface area (Å²) in [7, 11) is 0. The Morgan fingerprint density at radius 3 is 3.08 bits per heavy atom. The molecule has 0 bridgehead atoms. The van der Waals surface area contributed by atoms with E-state index in [0.717, 1.165) is 35.5 Å². The van der Waals surface area contributed by atoms with Crippen molar-refractivity contribution in [2.75, 3.05) is 19.6 Å². The van der Waals surface area contributed by atoms with Crippen LogP contribution >= 0.6 is 11.3 Å². The van der Waals surface area contributed by atoms with E-state index in [4.69, 9.17) is 10.2 Å². The summed E-state index contributed by atoms with van der Waals surface area (Å²) >= 11 is 1.71. The van der Waals surface area contributed by atoms with Crippen LogP contribution in [-0.2, 0) is 11.2 Å². The number of thiazole rings is 1. The SMILES string of the molecule is Cc1cccc(-c2nc(CCNCC(=O)N3CCCC3C#N)c(C)s2)c1. The number of hydrogen-bond donors (Lipinski definition) is 1. The lowest BCUT2D eigenvalue weighted by Gasteiger charge is -2.19. The van der Waals surface area contributed by atoms with E-state index < -0.39 is 0 Å². The maximum atomic E-state index is 12.2. The first kappa shape index (κ1) is 18.6. The zero-order chi connectivity index (χ0) is 18.5. The highest BCUT2D eigenvalue weighted by Crippen LogP contribution is 2.28. The van der Waals surface area contributed by atoms with Gasteiger partial charge in [-0.1, -0.05) is 23.8 Å². The number of hydrogen-bond acceptors (Lipinski definition) is 5. The fraction of sp³-hybridized carbons (Fsp3) is 0.450. The van der Waals surface area contributed by atoms with Crippen molar-refractivity contribution < 1.29 is 4.79 Å². The van der Waals surface area contributed by atoms with Gasteiger partial charge in [-0.05, 0) is 32.8 Å². The third-order valence-electron chi connectivity index (χ3n) is 4.69. The Labute approximate surface area is 158 Å². The van der Waals surface area contributed by atoms with Crippen LogP contribution in [0, 0.1) is 25.2 Å². The van der Waals surface area contributed by atoms with Gasteiger partial charge in [-0.15, -0.1) is 11.3 Å². The lowest BCUT2D eigenvalue weighted by atomic mass is 10.1. The van der Waals surface area contributed by atoms with Crippen LogP contribution in [0.25, 0.3) is 10.6 Å². The van der Waals surface area contributed by atoms with Crippen LogP contribution in [0.2, 0.25) is 0 Å². The van der Waals surface area contributed by atoms with Gasteiger partial charge in [0.1, 0.15) is 11.0 Å². The van der Waals surface area contributed by atoms with Crippen LogP contribution in [0.1, 0.15) is 29.0 Å². The Hall–Kier alpha value is -2.23. The summed E-state index contributed by atoms with van der Waals surface area (Å²) in [6.45, 7) is 5.87. The molecule has 5 nitrogen and oxygen atoms in total. The number of nitriles is 1. The van der Waals surface area contributed by atoms with Crippen LogP contribution in [0.4, 0.5) is 0 Å². The highest BCUT2D eigenvalue weighted by atomic mass is 32.1. The molecule has 2 heterocycles. The van der Waals surface area contributed by atoms with Gasteiger partial charge < -0.3 is 10.2 Å². The summed E-state index contributed by atoms with van der Waals surface area (Å²) < 4.78 is 0. The number of nitrogens with zero attached hydrogens (tertiary/aromatic N) is 3. The van der Waals surface area contributed by atoms with Gasteiger partial charge in [0.2, 0.25) is 5.91 Å². The van der Waals surface area contributed by atoms with Gasteiger partial charge in [0.05, 0.1) is 18.3 Å². The number of rotatable bonds is 6. The molecular weight excluding hydrogens is 344 g/mol. The highest BCUT2D eigenvalue weighted by molar-refractivity contribution is 7.15. The predicted molar refractivity (Wildman–Crippen MR) is 104 cm³/mol. The molecule has 0 saturated carbocycles. The minimum Gasteiger partial charge on any atom is -0.326 e. The molecule has 1 unspecified atom stereocenters. The lowest BCUT2D eigenvalue weighted by molar-refractivity contribution is -0.130. The molecule has 1 aromatic carbocycles. The topological polar surface area (TPSA) is 69.0 Å². The van der Waals surface area contributed by atoms with Crippen molar-refractivity contribution in [2.45, 2.75) is 39.2 Å². The maximum Gasteiger partial charge on any atom is 0.237 e. The van der Waals surface area contributed by atoms with Crippen molar-refractivity contribution in [3.8, 4) is 16.6 Å². The van der Waals surface area contributed by atoms with Crippen LogP contribution in [0.5, 0.6) is 0 Å². The molecule has 136 valence electrons. The molecule has 1 amide bonds. The Balaban J connectivity index is 1.51. The van der Waals surface area contributed by atoms with Crippen molar-refractivity contribution in [3.05, 3.63) is 40.4 Å². The smallest absolute Gasteiger partial charge is 0.237 e. The summed E-state index contributed by atoms with van der Waals surface area (Å²) in [5.41, 5.74) is 3.47. The van der Waals surface area contributed by atoms with E-state index in [-0.39, 0.29) is 18.5 Å². The van der Waals surface area contributed by atoms with Gasteiger partial charge in [0, 0.05) is 30.0 Å². The largest absolute Gasteiger partial charge is 0.326 e. The van der Waals surface area contributed by atoms with E-state index in [1.54, 1.807) is 16.2 Å². The second-order valence-corrected chi connectivity index (χ2v) is 7.90. The first-order chi connectivity index (χ1) is 12.6. The first-order valence-electron chi connectivity index (χ1n) is 9.01. The molecule has 0 aliphatic carbocycles. The quantitative estimate of drug-likeness (QED) is 0.796. The predicted octanol–water partition coefficient (Wildman–Crippen LogP) is 3.07. The Morgan fingerprint density at radius 2 is 2.31 bits per heavy atom. The molecular formula is C20H24N4OS. The molecule has 1 atom stereocenters. The number of likely N-dealkylation sites (tertiary alicyclic amines) is 1. The number of benzene rings is 1. The van der Waals surface area contributed by atoms with E-state index in [2.05, 4.69) is 49.5 Å². The molecule has 0 radical (unpaired) electrons. The van der Waals surface area contributed by atoms with Crippen molar-refractivity contribution in [1.82, 2.24) is 15.2 Å². The normalized spacial score (nSPS) is 16.7.